The molecule has 0 aliphatic carbocycles. The molecule has 12 heteroatoms. The van der Waals surface area contributed by atoms with Crippen LogP contribution in [-0.4, -0.2) is 114 Å². The number of benzene rings is 2. The van der Waals surface area contributed by atoms with Crippen LogP contribution in [0.1, 0.15) is 22.3 Å². The highest BCUT2D eigenvalue weighted by atomic mass is 16.5. The molecule has 12 nitrogen and oxygen atoms in total. The number of rotatable bonds is 5. The van der Waals surface area contributed by atoms with E-state index in [1.165, 1.54) is 0 Å². The second kappa shape index (κ2) is 13.7. The number of nitrogens with zero attached hydrogens (tertiary/aromatic N) is 6. The summed E-state index contributed by atoms with van der Waals surface area (Å²) in [6.45, 7) is 8.53. The van der Waals surface area contributed by atoms with E-state index in [2.05, 4.69) is 30.0 Å². The Kier molecular flexibility index (Phi) is 8.98. The van der Waals surface area contributed by atoms with Crippen molar-refractivity contribution in [2.45, 2.75) is 0 Å². The van der Waals surface area contributed by atoms with Crippen molar-refractivity contribution in [2.24, 2.45) is 30.0 Å². The van der Waals surface area contributed by atoms with E-state index in [-0.39, 0.29) is 0 Å². The zero-order chi connectivity index (χ0) is 28.4. The van der Waals surface area contributed by atoms with Crippen LogP contribution in [0.25, 0.3) is 0 Å². The fraction of sp³-hybridized carbons (Fsp3) is 0.400. The Morgan fingerprint density at radius 1 is 0.333 bits per heavy atom. The summed E-state index contributed by atoms with van der Waals surface area (Å²) >= 11 is 0. The molecule has 0 saturated carbocycles. The molecule has 42 heavy (non-hydrogen) atoms. The minimum atomic E-state index is 0.581. The van der Waals surface area contributed by atoms with Gasteiger partial charge in [-0.25, -0.2) is 30.0 Å². The molecule has 0 fully saturated rings. The molecule has 218 valence electrons. The molecule has 0 aromatic heterocycles. The SMILES string of the molecule is C1COC(C2=NCCO2)=N1.c1cc(C2=NCCO2)cc(C2=NCCO2)c1.c1cc(C2=NCCO2)ccc1C1=NCCO1. The lowest BCUT2D eigenvalue weighted by Crippen LogP contribution is -2.14. The average Bonchev–Trinajstić information content (AvgIpc) is 3.91. The van der Waals surface area contributed by atoms with E-state index in [4.69, 9.17) is 28.4 Å². The summed E-state index contributed by atoms with van der Waals surface area (Å²) in [6, 6.07) is 15.9. The fourth-order valence-electron chi connectivity index (χ4n) is 4.51. The molecule has 2 aromatic carbocycles. The summed E-state index contributed by atoms with van der Waals surface area (Å²) < 4.78 is 31.9. The van der Waals surface area contributed by atoms with Crippen molar-refractivity contribution in [1.82, 2.24) is 0 Å². The van der Waals surface area contributed by atoms with Gasteiger partial charge in [0.1, 0.15) is 39.6 Å². The van der Waals surface area contributed by atoms with Crippen molar-refractivity contribution in [1.29, 1.82) is 0 Å². The highest BCUT2D eigenvalue weighted by Gasteiger charge is 2.19. The topological polar surface area (TPSA) is 130 Å². The third kappa shape index (κ3) is 6.93. The molecule has 6 aliphatic heterocycles. The molecular weight excluding hydrogens is 540 g/mol. The van der Waals surface area contributed by atoms with Gasteiger partial charge in [0.05, 0.1) is 39.3 Å². The van der Waals surface area contributed by atoms with E-state index in [0.29, 0.717) is 51.4 Å². The fourth-order valence-corrected chi connectivity index (χ4v) is 4.51. The van der Waals surface area contributed by atoms with Gasteiger partial charge in [-0.1, -0.05) is 6.07 Å². The van der Waals surface area contributed by atoms with Crippen molar-refractivity contribution in [2.75, 3.05) is 78.9 Å². The van der Waals surface area contributed by atoms with Crippen LogP contribution in [0.15, 0.2) is 78.5 Å². The van der Waals surface area contributed by atoms with Gasteiger partial charge >= 0.3 is 0 Å². The van der Waals surface area contributed by atoms with E-state index in [9.17, 15) is 0 Å². The van der Waals surface area contributed by atoms with Crippen molar-refractivity contribution in [3.63, 3.8) is 0 Å². The first-order chi connectivity index (χ1) is 20.8. The van der Waals surface area contributed by atoms with Crippen LogP contribution in [0.5, 0.6) is 0 Å². The van der Waals surface area contributed by atoms with Crippen LogP contribution in [-0.2, 0) is 28.4 Å². The minimum Gasteiger partial charge on any atom is -0.476 e. The average molecular weight is 573 g/mol. The van der Waals surface area contributed by atoms with E-state index in [1.807, 2.05) is 48.5 Å². The summed E-state index contributed by atoms with van der Waals surface area (Å²) in [5.41, 5.74) is 4.01. The predicted octanol–water partition coefficient (Wildman–Crippen LogP) is 2.32. The van der Waals surface area contributed by atoms with Crippen LogP contribution in [0.3, 0.4) is 0 Å². The van der Waals surface area contributed by atoms with Crippen molar-refractivity contribution in [3.8, 4) is 0 Å². The van der Waals surface area contributed by atoms with E-state index < -0.39 is 0 Å². The Bertz CT molecular complexity index is 1340. The zero-order valence-electron chi connectivity index (χ0n) is 23.2. The highest BCUT2D eigenvalue weighted by molar-refractivity contribution is 6.36. The van der Waals surface area contributed by atoms with E-state index in [1.54, 1.807) is 0 Å². The molecule has 0 atom stereocenters. The van der Waals surface area contributed by atoms with Crippen LogP contribution >= 0.6 is 0 Å². The lowest BCUT2D eigenvalue weighted by atomic mass is 10.1. The van der Waals surface area contributed by atoms with Gasteiger partial charge in [-0.3, -0.25) is 0 Å². The molecule has 8 rings (SSSR count). The van der Waals surface area contributed by atoms with Crippen LogP contribution in [0, 0.1) is 0 Å². The second-order valence-electron chi connectivity index (χ2n) is 9.37. The van der Waals surface area contributed by atoms with Gasteiger partial charge in [-0.05, 0) is 42.5 Å². The van der Waals surface area contributed by atoms with Crippen LogP contribution in [0.4, 0.5) is 0 Å². The molecule has 0 unspecified atom stereocenters. The maximum atomic E-state index is 5.43. The molecule has 6 aliphatic rings. The first-order valence-corrected chi connectivity index (χ1v) is 14.1. The summed E-state index contributed by atoms with van der Waals surface area (Å²) in [7, 11) is 0. The molecule has 0 bridgehead atoms. The summed E-state index contributed by atoms with van der Waals surface area (Å²) in [4.78, 5) is 25.2. The van der Waals surface area contributed by atoms with Crippen molar-refractivity contribution < 1.29 is 28.4 Å². The first kappa shape index (κ1) is 27.4. The Morgan fingerprint density at radius 2 is 0.619 bits per heavy atom. The van der Waals surface area contributed by atoms with Gasteiger partial charge in [-0.15, -0.1) is 0 Å². The van der Waals surface area contributed by atoms with Gasteiger partial charge in [0, 0.05) is 22.3 Å². The molecule has 6 heterocycles. The first-order valence-electron chi connectivity index (χ1n) is 14.1. The van der Waals surface area contributed by atoms with Gasteiger partial charge in [0.15, 0.2) is 0 Å². The molecule has 0 N–H and O–H groups in total. The quantitative estimate of drug-likeness (QED) is 0.541. The lowest BCUT2D eigenvalue weighted by Gasteiger charge is -2.05. The predicted molar refractivity (Wildman–Crippen MR) is 159 cm³/mol. The van der Waals surface area contributed by atoms with Crippen LogP contribution < -0.4 is 0 Å². The van der Waals surface area contributed by atoms with E-state index in [0.717, 1.165) is 85.1 Å². The van der Waals surface area contributed by atoms with Gasteiger partial charge in [0.25, 0.3) is 11.8 Å². The largest absolute Gasteiger partial charge is 0.476 e. The minimum absolute atomic E-state index is 0.581. The molecular formula is C30H32N6O6. The Morgan fingerprint density at radius 3 is 0.905 bits per heavy atom. The molecule has 0 radical (unpaired) electrons. The molecule has 0 saturated heterocycles. The zero-order valence-corrected chi connectivity index (χ0v) is 23.2. The Labute approximate surface area is 243 Å². The second-order valence-corrected chi connectivity index (χ2v) is 9.37. The smallest absolute Gasteiger partial charge is 0.273 e. The molecule has 0 amide bonds. The van der Waals surface area contributed by atoms with Crippen molar-refractivity contribution in [3.05, 3.63) is 70.8 Å². The standard InChI is InChI=1S/2C12H12N2O2.C6H8N2O2/c1-2-10(12-14-6-8-16-12)4-3-9(1)11-13-5-7-15-11;1-2-9(11-13-4-6-15-11)8-10(3-1)12-14-5-7-16-12;1-3-9-5(7-1)6-8-2-4-10-6/h1-4H,5-8H2;1-3,8H,4-7H2;1-4H2. The lowest BCUT2D eigenvalue weighted by molar-refractivity contribution is 0.320. The van der Waals surface area contributed by atoms with Crippen LogP contribution in [0.2, 0.25) is 0 Å². The normalized spacial score (nSPS) is 19.8. The third-order valence-electron chi connectivity index (χ3n) is 6.43. The third-order valence-corrected chi connectivity index (χ3v) is 6.43. The monoisotopic (exact) mass is 572 g/mol. The molecule has 0 spiro atoms. The number of ether oxygens (including phenoxy) is 6. The molecule has 2 aromatic rings. The highest BCUT2D eigenvalue weighted by Crippen LogP contribution is 2.14. The summed E-state index contributed by atoms with van der Waals surface area (Å²) in [6.07, 6.45) is 0. The van der Waals surface area contributed by atoms with Gasteiger partial charge < -0.3 is 28.4 Å². The van der Waals surface area contributed by atoms with Crippen molar-refractivity contribution >= 4 is 35.4 Å². The number of hydrogen-bond donors (Lipinski definition) is 0. The van der Waals surface area contributed by atoms with E-state index >= 15 is 0 Å². The number of hydrogen-bond acceptors (Lipinski definition) is 12. The van der Waals surface area contributed by atoms with Gasteiger partial charge in [-0.2, -0.15) is 0 Å². The Hall–Kier alpha value is -4.74. The summed E-state index contributed by atoms with van der Waals surface area (Å²) in [5, 5.41) is 0. The maximum absolute atomic E-state index is 5.43. The Balaban J connectivity index is 0.000000116. The van der Waals surface area contributed by atoms with Gasteiger partial charge in [0.2, 0.25) is 23.6 Å². The maximum Gasteiger partial charge on any atom is 0.273 e. The summed E-state index contributed by atoms with van der Waals surface area (Å²) in [5.74, 6) is 4.08. The number of aliphatic imine (C=N–C) groups is 6.